The van der Waals surface area contributed by atoms with Gasteiger partial charge in [-0.2, -0.15) is 0 Å². The molecule has 136 valence electrons. The number of halogens is 2. The second kappa shape index (κ2) is 8.67. The monoisotopic (exact) mass is 389 g/mol. The van der Waals surface area contributed by atoms with Gasteiger partial charge in [-0.15, -0.1) is 0 Å². The number of aryl methyl sites for hydroxylation is 1. The number of nitrogens with zero attached hydrogens (tertiary/aromatic N) is 1. The normalized spacial score (nSPS) is 12.4. The molecule has 0 unspecified atom stereocenters. The van der Waals surface area contributed by atoms with Crippen LogP contribution in [0.4, 0.5) is 0 Å². The van der Waals surface area contributed by atoms with Crippen molar-refractivity contribution >= 4 is 40.0 Å². The molecule has 3 aromatic rings. The quantitative estimate of drug-likeness (QED) is 0.591. The summed E-state index contributed by atoms with van der Waals surface area (Å²) >= 11 is 12.2. The van der Waals surface area contributed by atoms with E-state index in [0.29, 0.717) is 35.7 Å². The van der Waals surface area contributed by atoms with Gasteiger partial charge in [-0.05, 0) is 43.3 Å². The lowest BCUT2D eigenvalue weighted by molar-refractivity contribution is -0.119. The molecule has 0 bridgehead atoms. The Morgan fingerprint density at radius 3 is 2.77 bits per heavy atom. The van der Waals surface area contributed by atoms with Gasteiger partial charge in [0.05, 0.1) is 11.0 Å². The highest BCUT2D eigenvalue weighted by Crippen LogP contribution is 2.23. The minimum atomic E-state index is 0.0387. The molecule has 1 aromatic heterocycles. The van der Waals surface area contributed by atoms with Gasteiger partial charge in [0.2, 0.25) is 0 Å². The largest absolute Gasteiger partial charge is 0.342 e. The van der Waals surface area contributed by atoms with E-state index in [1.54, 1.807) is 6.07 Å². The minimum Gasteiger partial charge on any atom is -0.342 e. The Balaban J connectivity index is 1.55. The highest BCUT2D eigenvalue weighted by Gasteiger charge is 2.15. The molecular formula is C20H21Cl2N3O. The molecule has 1 atom stereocenters. The number of benzene rings is 2. The maximum atomic E-state index is 12.4. The van der Waals surface area contributed by atoms with Gasteiger partial charge in [0.1, 0.15) is 11.6 Å². The van der Waals surface area contributed by atoms with Gasteiger partial charge in [-0.25, -0.2) is 4.98 Å². The summed E-state index contributed by atoms with van der Waals surface area (Å²) < 4.78 is 0. The van der Waals surface area contributed by atoms with Gasteiger partial charge in [-0.1, -0.05) is 41.4 Å². The van der Waals surface area contributed by atoms with Crippen molar-refractivity contribution in [1.82, 2.24) is 15.3 Å². The molecule has 0 aliphatic heterocycles. The van der Waals surface area contributed by atoms with Crippen LogP contribution in [0.2, 0.25) is 10.0 Å². The van der Waals surface area contributed by atoms with Crippen molar-refractivity contribution in [2.75, 3.05) is 7.05 Å². The zero-order chi connectivity index (χ0) is 18.5. The lowest BCUT2D eigenvalue weighted by atomic mass is 9.99. The maximum absolute atomic E-state index is 12.4. The predicted molar refractivity (Wildman–Crippen MR) is 107 cm³/mol. The number of para-hydroxylation sites is 2. The van der Waals surface area contributed by atoms with E-state index in [0.717, 1.165) is 22.4 Å². The molecule has 0 amide bonds. The van der Waals surface area contributed by atoms with Crippen LogP contribution in [0.25, 0.3) is 11.0 Å². The zero-order valence-electron chi connectivity index (χ0n) is 14.6. The number of likely N-dealkylation sites (N-methyl/N-ethyl adjacent to an activating group) is 1. The van der Waals surface area contributed by atoms with Gasteiger partial charge in [-0.3, -0.25) is 4.79 Å². The fraction of sp³-hybridized carbons (Fsp3) is 0.300. The molecule has 3 rings (SSSR count). The number of aromatic amines is 1. The summed E-state index contributed by atoms with van der Waals surface area (Å²) in [6.45, 7) is 0. The molecule has 0 fully saturated rings. The van der Waals surface area contributed by atoms with Gasteiger partial charge in [0.15, 0.2) is 0 Å². The Labute approximate surface area is 162 Å². The summed E-state index contributed by atoms with van der Waals surface area (Å²) in [6, 6.07) is 13.4. The molecule has 4 nitrogen and oxygen atoms in total. The van der Waals surface area contributed by atoms with Crippen LogP contribution in [-0.4, -0.2) is 28.8 Å². The van der Waals surface area contributed by atoms with E-state index in [9.17, 15) is 4.79 Å². The summed E-state index contributed by atoms with van der Waals surface area (Å²) in [7, 11) is 1.86. The molecule has 0 radical (unpaired) electrons. The summed E-state index contributed by atoms with van der Waals surface area (Å²) in [5.74, 6) is 1.05. The lowest BCUT2D eigenvalue weighted by Crippen LogP contribution is -2.30. The zero-order valence-corrected chi connectivity index (χ0v) is 16.1. The van der Waals surface area contributed by atoms with Crippen molar-refractivity contribution in [1.29, 1.82) is 0 Å². The maximum Gasteiger partial charge on any atom is 0.134 e. The first-order valence-electron chi connectivity index (χ1n) is 8.61. The van der Waals surface area contributed by atoms with Gasteiger partial charge in [0, 0.05) is 35.3 Å². The highest BCUT2D eigenvalue weighted by atomic mass is 35.5. The number of ketones is 1. The van der Waals surface area contributed by atoms with E-state index in [1.165, 1.54) is 0 Å². The average molecular weight is 390 g/mol. The van der Waals surface area contributed by atoms with Gasteiger partial charge in [0.25, 0.3) is 0 Å². The predicted octanol–water partition coefficient (Wildman–Crippen LogP) is 4.59. The van der Waals surface area contributed by atoms with Crippen molar-refractivity contribution in [3.63, 3.8) is 0 Å². The van der Waals surface area contributed by atoms with E-state index in [-0.39, 0.29) is 11.8 Å². The van der Waals surface area contributed by atoms with Crippen molar-refractivity contribution in [3.05, 3.63) is 63.9 Å². The summed E-state index contributed by atoms with van der Waals surface area (Å²) in [5, 5.41) is 4.45. The van der Waals surface area contributed by atoms with Crippen LogP contribution in [-0.2, 0) is 17.6 Å². The number of fused-ring (bicyclic) bond motifs is 1. The minimum absolute atomic E-state index is 0.0387. The molecule has 0 saturated heterocycles. The highest BCUT2D eigenvalue weighted by molar-refractivity contribution is 6.35. The second-order valence-electron chi connectivity index (χ2n) is 6.37. The van der Waals surface area contributed by atoms with Crippen molar-refractivity contribution in [2.24, 2.45) is 0 Å². The molecule has 0 spiro atoms. The SMILES string of the molecule is CN[C@@H](CC(=O)CCc1nc2ccccc2[nH]1)Cc1ccc(Cl)cc1Cl. The fourth-order valence-electron chi connectivity index (χ4n) is 2.99. The van der Waals surface area contributed by atoms with E-state index in [4.69, 9.17) is 23.2 Å². The smallest absolute Gasteiger partial charge is 0.134 e. The number of H-pyrrole nitrogens is 1. The van der Waals surface area contributed by atoms with Gasteiger partial charge < -0.3 is 10.3 Å². The number of nitrogens with one attached hydrogen (secondary N) is 2. The van der Waals surface area contributed by atoms with Crippen LogP contribution in [0, 0.1) is 0 Å². The van der Waals surface area contributed by atoms with Crippen LogP contribution in [0.5, 0.6) is 0 Å². The molecule has 0 aliphatic rings. The van der Waals surface area contributed by atoms with Crippen LogP contribution >= 0.6 is 23.2 Å². The first-order valence-corrected chi connectivity index (χ1v) is 9.37. The lowest BCUT2D eigenvalue weighted by Gasteiger charge is -2.16. The van der Waals surface area contributed by atoms with Crippen molar-refractivity contribution in [3.8, 4) is 0 Å². The Bertz CT molecular complexity index is 874. The molecular weight excluding hydrogens is 369 g/mol. The number of carbonyl (C=O) groups is 1. The second-order valence-corrected chi connectivity index (χ2v) is 7.21. The molecule has 0 aliphatic carbocycles. The van der Waals surface area contributed by atoms with E-state index >= 15 is 0 Å². The molecule has 6 heteroatoms. The third kappa shape index (κ3) is 4.85. The first-order chi connectivity index (χ1) is 12.5. The van der Waals surface area contributed by atoms with Crippen LogP contribution < -0.4 is 5.32 Å². The van der Waals surface area contributed by atoms with E-state index in [1.807, 2.05) is 43.4 Å². The molecule has 2 aromatic carbocycles. The Morgan fingerprint density at radius 1 is 1.23 bits per heavy atom. The number of hydrogen-bond donors (Lipinski definition) is 2. The van der Waals surface area contributed by atoms with E-state index in [2.05, 4.69) is 15.3 Å². The number of Topliss-reactive ketones (excluding diaryl/α,β-unsaturated/α-hetero) is 1. The fourth-order valence-corrected chi connectivity index (χ4v) is 3.47. The number of carbonyl (C=O) groups excluding carboxylic acids is 1. The van der Waals surface area contributed by atoms with Crippen molar-refractivity contribution in [2.45, 2.75) is 31.7 Å². The van der Waals surface area contributed by atoms with Crippen LogP contribution in [0.15, 0.2) is 42.5 Å². The topological polar surface area (TPSA) is 57.8 Å². The van der Waals surface area contributed by atoms with Crippen LogP contribution in [0.1, 0.15) is 24.2 Å². The van der Waals surface area contributed by atoms with Crippen LogP contribution in [0.3, 0.4) is 0 Å². The summed E-state index contributed by atoms with van der Waals surface area (Å²) in [5.41, 5.74) is 2.92. The Kier molecular flexibility index (Phi) is 6.30. The van der Waals surface area contributed by atoms with Gasteiger partial charge >= 0.3 is 0 Å². The molecule has 0 saturated carbocycles. The Hall–Kier alpha value is -1.88. The Morgan fingerprint density at radius 2 is 2.04 bits per heavy atom. The summed E-state index contributed by atoms with van der Waals surface area (Å²) in [6.07, 6.45) is 2.22. The molecule has 2 N–H and O–H groups in total. The third-order valence-corrected chi connectivity index (χ3v) is 5.03. The third-order valence-electron chi connectivity index (χ3n) is 4.44. The number of rotatable bonds is 8. The molecule has 1 heterocycles. The van der Waals surface area contributed by atoms with E-state index < -0.39 is 0 Å². The van der Waals surface area contributed by atoms with Crippen molar-refractivity contribution < 1.29 is 4.79 Å². The molecule has 26 heavy (non-hydrogen) atoms. The summed E-state index contributed by atoms with van der Waals surface area (Å²) in [4.78, 5) is 20.2. The first kappa shape index (κ1) is 18.9. The standard InChI is InChI=1S/C20H21Cl2N3O/c1-23-15(10-13-6-7-14(21)11-17(13)22)12-16(26)8-9-20-24-18-4-2-3-5-19(18)25-20/h2-7,11,15,23H,8-10,12H2,1H3,(H,24,25)/t15-/m1/s1. The average Bonchev–Trinajstić information content (AvgIpc) is 3.04. The number of imidazole rings is 1. The number of aromatic nitrogens is 2. The number of hydrogen-bond acceptors (Lipinski definition) is 3.